The van der Waals surface area contributed by atoms with Gasteiger partial charge in [0.25, 0.3) is 0 Å². The summed E-state index contributed by atoms with van der Waals surface area (Å²) >= 11 is 0. The molecule has 0 amide bonds. The monoisotopic (exact) mass is 534 g/mol. The van der Waals surface area contributed by atoms with E-state index in [4.69, 9.17) is 4.74 Å². The first-order chi connectivity index (χ1) is 14.0. The fraction of sp³-hybridized carbons (Fsp3) is 0.381. The number of nitrogens with one attached hydrogen (secondary N) is 2. The van der Waals surface area contributed by atoms with Gasteiger partial charge >= 0.3 is 6.18 Å². The maximum atomic E-state index is 12.7. The molecule has 1 fully saturated rings. The molecule has 1 aliphatic heterocycles. The predicted molar refractivity (Wildman–Crippen MR) is 123 cm³/mol. The van der Waals surface area contributed by atoms with Crippen molar-refractivity contribution >= 4 is 35.6 Å². The van der Waals surface area contributed by atoms with Gasteiger partial charge in [-0.3, -0.25) is 4.99 Å². The molecule has 0 aromatic heterocycles. The summed E-state index contributed by atoms with van der Waals surface area (Å²) in [5.41, 5.74) is 2.41. The van der Waals surface area contributed by atoms with Gasteiger partial charge in [0.15, 0.2) is 5.96 Å². The van der Waals surface area contributed by atoms with E-state index in [1.165, 1.54) is 17.8 Å². The van der Waals surface area contributed by atoms with Crippen molar-refractivity contribution in [2.24, 2.45) is 4.99 Å². The number of para-hydroxylation sites is 1. The Balaban J connectivity index is 0.00000320. The van der Waals surface area contributed by atoms with E-state index in [0.29, 0.717) is 19.0 Å². The average molecular weight is 534 g/mol. The lowest BCUT2D eigenvalue weighted by Gasteiger charge is -2.30. The second-order valence-corrected chi connectivity index (χ2v) is 6.70. The van der Waals surface area contributed by atoms with E-state index in [2.05, 4.69) is 32.7 Å². The number of anilines is 1. The number of aliphatic imine (C=N–C) groups is 1. The second kappa shape index (κ2) is 11.4. The Morgan fingerprint density at radius 2 is 1.63 bits per heavy atom. The van der Waals surface area contributed by atoms with Crippen LogP contribution in [0.3, 0.4) is 0 Å². The summed E-state index contributed by atoms with van der Waals surface area (Å²) in [7, 11) is 1.66. The normalized spacial score (nSPS) is 14.8. The van der Waals surface area contributed by atoms with Crippen molar-refractivity contribution in [1.29, 1.82) is 0 Å². The summed E-state index contributed by atoms with van der Waals surface area (Å²) in [6.45, 7) is 4.12. The van der Waals surface area contributed by atoms with Crippen LogP contribution in [0.15, 0.2) is 53.5 Å². The van der Waals surface area contributed by atoms with Gasteiger partial charge in [-0.15, -0.1) is 24.0 Å². The topological polar surface area (TPSA) is 48.9 Å². The molecule has 5 nitrogen and oxygen atoms in total. The first-order valence-corrected chi connectivity index (χ1v) is 9.48. The summed E-state index contributed by atoms with van der Waals surface area (Å²) in [4.78, 5) is 6.50. The van der Waals surface area contributed by atoms with Gasteiger partial charge in [-0.05, 0) is 29.3 Å². The molecule has 0 bridgehead atoms. The molecule has 0 aliphatic carbocycles. The van der Waals surface area contributed by atoms with Crippen molar-refractivity contribution in [2.45, 2.75) is 19.3 Å². The largest absolute Gasteiger partial charge is 0.416 e. The minimum atomic E-state index is -4.32. The van der Waals surface area contributed by atoms with Gasteiger partial charge in [-0.2, -0.15) is 13.2 Å². The van der Waals surface area contributed by atoms with Gasteiger partial charge in [-0.1, -0.05) is 30.3 Å². The van der Waals surface area contributed by atoms with E-state index in [9.17, 15) is 13.2 Å². The van der Waals surface area contributed by atoms with E-state index < -0.39 is 11.7 Å². The standard InChI is InChI=1S/C21H25F3N4O.HI/c1-25-20(26-14-16-6-8-18(9-7-16)21(22,23)24)27-15-17-4-2-3-5-19(17)28-10-12-29-13-11-28;/h2-9H,10-15H2,1H3,(H2,25,26,27);1H. The number of nitrogens with zero attached hydrogens (tertiary/aromatic N) is 2. The number of ether oxygens (including phenoxy) is 1. The SMILES string of the molecule is CN=C(NCc1ccc(C(F)(F)F)cc1)NCc1ccccc1N1CCOCC1.I. The minimum absolute atomic E-state index is 0. The van der Waals surface area contributed by atoms with Crippen molar-refractivity contribution in [3.63, 3.8) is 0 Å². The molecule has 0 atom stereocenters. The number of guanidine groups is 1. The highest BCUT2D eigenvalue weighted by Gasteiger charge is 2.29. The Morgan fingerprint density at radius 3 is 2.27 bits per heavy atom. The van der Waals surface area contributed by atoms with E-state index in [0.717, 1.165) is 49.6 Å². The average Bonchev–Trinajstić information content (AvgIpc) is 2.74. The fourth-order valence-corrected chi connectivity index (χ4v) is 3.17. The molecule has 2 N–H and O–H groups in total. The van der Waals surface area contributed by atoms with Crippen molar-refractivity contribution < 1.29 is 17.9 Å². The highest BCUT2D eigenvalue weighted by atomic mass is 127. The molecule has 2 aromatic rings. The Bertz CT molecular complexity index is 822. The van der Waals surface area contributed by atoms with Gasteiger partial charge in [0.05, 0.1) is 18.8 Å². The Morgan fingerprint density at radius 1 is 1.00 bits per heavy atom. The van der Waals surface area contributed by atoms with E-state index in [1.807, 2.05) is 12.1 Å². The molecule has 0 radical (unpaired) electrons. The van der Waals surface area contributed by atoms with Crippen LogP contribution < -0.4 is 15.5 Å². The first kappa shape index (κ1) is 24.3. The molecule has 0 spiro atoms. The van der Waals surface area contributed by atoms with Crippen LogP contribution in [0.2, 0.25) is 0 Å². The number of rotatable bonds is 5. The summed E-state index contributed by atoms with van der Waals surface area (Å²) in [5.74, 6) is 0.585. The predicted octanol–water partition coefficient (Wildman–Crippen LogP) is 4.03. The van der Waals surface area contributed by atoms with Crippen LogP contribution >= 0.6 is 24.0 Å². The molecule has 1 heterocycles. The number of morpholine rings is 1. The van der Waals surface area contributed by atoms with Crippen LogP contribution in [0.4, 0.5) is 18.9 Å². The van der Waals surface area contributed by atoms with Crippen molar-refractivity contribution in [3.8, 4) is 0 Å². The summed E-state index contributed by atoms with van der Waals surface area (Å²) in [6, 6.07) is 13.3. The van der Waals surface area contributed by atoms with E-state index in [-0.39, 0.29) is 24.0 Å². The van der Waals surface area contributed by atoms with Crippen molar-refractivity contribution in [2.75, 3.05) is 38.3 Å². The lowest BCUT2D eigenvalue weighted by molar-refractivity contribution is -0.137. The highest BCUT2D eigenvalue weighted by Crippen LogP contribution is 2.29. The lowest BCUT2D eigenvalue weighted by Crippen LogP contribution is -2.39. The molecule has 3 rings (SSSR count). The molecule has 1 saturated heterocycles. The number of hydrogen-bond donors (Lipinski definition) is 2. The number of benzene rings is 2. The molecule has 1 aliphatic rings. The molecular weight excluding hydrogens is 508 g/mol. The minimum Gasteiger partial charge on any atom is -0.378 e. The van der Waals surface area contributed by atoms with Gasteiger partial charge in [-0.25, -0.2) is 0 Å². The van der Waals surface area contributed by atoms with Crippen LogP contribution in [0.25, 0.3) is 0 Å². The zero-order valence-corrected chi connectivity index (χ0v) is 19.0. The van der Waals surface area contributed by atoms with Crippen LogP contribution in [0, 0.1) is 0 Å². The van der Waals surface area contributed by atoms with Crippen molar-refractivity contribution in [1.82, 2.24) is 10.6 Å². The molecule has 0 saturated carbocycles. The van der Waals surface area contributed by atoms with Gasteiger partial charge in [0, 0.05) is 38.9 Å². The molecular formula is C21H26F3IN4O. The highest BCUT2D eigenvalue weighted by molar-refractivity contribution is 14.0. The van der Waals surface area contributed by atoms with Gasteiger partial charge < -0.3 is 20.3 Å². The second-order valence-electron chi connectivity index (χ2n) is 6.70. The van der Waals surface area contributed by atoms with Crippen molar-refractivity contribution in [3.05, 3.63) is 65.2 Å². The van der Waals surface area contributed by atoms with Crippen LogP contribution in [0.5, 0.6) is 0 Å². The summed E-state index contributed by atoms with van der Waals surface area (Å²) < 4.78 is 43.4. The molecule has 9 heteroatoms. The number of alkyl halides is 3. The van der Waals surface area contributed by atoms with E-state index >= 15 is 0 Å². The molecule has 0 unspecified atom stereocenters. The van der Waals surface area contributed by atoms with E-state index in [1.54, 1.807) is 7.05 Å². The summed E-state index contributed by atoms with van der Waals surface area (Å²) in [5, 5.41) is 6.41. The maximum Gasteiger partial charge on any atom is 0.416 e. The Hall–Kier alpha value is -2.01. The van der Waals surface area contributed by atoms with Gasteiger partial charge in [0.2, 0.25) is 0 Å². The van der Waals surface area contributed by atoms with Gasteiger partial charge in [0.1, 0.15) is 0 Å². The Labute approximate surface area is 191 Å². The zero-order chi connectivity index (χ0) is 20.7. The molecule has 30 heavy (non-hydrogen) atoms. The zero-order valence-electron chi connectivity index (χ0n) is 16.7. The molecule has 2 aromatic carbocycles. The maximum absolute atomic E-state index is 12.7. The first-order valence-electron chi connectivity index (χ1n) is 9.48. The lowest BCUT2D eigenvalue weighted by atomic mass is 10.1. The number of hydrogen-bond acceptors (Lipinski definition) is 3. The third kappa shape index (κ3) is 6.76. The Kier molecular flexibility index (Phi) is 9.22. The third-order valence-electron chi connectivity index (χ3n) is 4.75. The smallest absolute Gasteiger partial charge is 0.378 e. The van der Waals surface area contributed by atoms with Crippen LogP contribution in [-0.4, -0.2) is 39.3 Å². The number of halogens is 4. The third-order valence-corrected chi connectivity index (χ3v) is 4.75. The summed E-state index contributed by atoms with van der Waals surface area (Å²) in [6.07, 6.45) is -4.32. The fourth-order valence-electron chi connectivity index (χ4n) is 3.17. The van der Waals surface area contributed by atoms with Crippen LogP contribution in [-0.2, 0) is 24.0 Å². The quantitative estimate of drug-likeness (QED) is 0.346. The van der Waals surface area contributed by atoms with Crippen LogP contribution in [0.1, 0.15) is 16.7 Å². The molecule has 164 valence electrons.